The fraction of sp³-hybridized carbons (Fsp3) is 0.400. The number of nitrogens with one attached hydrogen (secondary N) is 1. The number of nitrogen functional groups attached to an aromatic ring is 1. The van der Waals surface area contributed by atoms with Crippen LogP contribution in [-0.4, -0.2) is 26.0 Å². The third-order valence-corrected chi connectivity index (χ3v) is 4.41. The van der Waals surface area contributed by atoms with Crippen molar-refractivity contribution in [2.45, 2.75) is 12.5 Å². The lowest BCUT2D eigenvalue weighted by molar-refractivity contribution is 0.583. The summed E-state index contributed by atoms with van der Waals surface area (Å²) in [4.78, 5) is 0. The second kappa shape index (κ2) is 4.14. The van der Waals surface area contributed by atoms with Gasteiger partial charge in [0.15, 0.2) is 21.5 Å². The number of benzene rings is 1. The molecule has 1 aliphatic heterocycles. The van der Waals surface area contributed by atoms with E-state index in [0.29, 0.717) is 6.42 Å². The van der Waals surface area contributed by atoms with Crippen molar-refractivity contribution in [3.8, 4) is 0 Å². The molecule has 4 nitrogen and oxygen atoms in total. The molecule has 1 heterocycles. The lowest BCUT2D eigenvalue weighted by Gasteiger charge is -2.14. The molecule has 94 valence electrons. The zero-order chi connectivity index (χ0) is 12.6. The maximum absolute atomic E-state index is 13.4. The summed E-state index contributed by atoms with van der Waals surface area (Å²) in [7, 11) is -3.08. The number of halogens is 2. The zero-order valence-corrected chi connectivity index (χ0v) is 9.73. The van der Waals surface area contributed by atoms with Gasteiger partial charge in [-0.05, 0) is 18.6 Å². The zero-order valence-electron chi connectivity index (χ0n) is 8.91. The molecule has 0 saturated carbocycles. The van der Waals surface area contributed by atoms with Gasteiger partial charge >= 0.3 is 0 Å². The number of nitrogens with two attached hydrogens (primary N) is 1. The molecule has 1 aliphatic rings. The Bertz CT molecular complexity index is 522. The fourth-order valence-electron chi connectivity index (χ4n) is 1.84. The van der Waals surface area contributed by atoms with E-state index in [0.717, 1.165) is 12.1 Å². The van der Waals surface area contributed by atoms with Gasteiger partial charge in [-0.15, -0.1) is 0 Å². The molecule has 7 heteroatoms. The van der Waals surface area contributed by atoms with E-state index in [1.54, 1.807) is 0 Å². The van der Waals surface area contributed by atoms with Gasteiger partial charge in [-0.2, -0.15) is 0 Å². The van der Waals surface area contributed by atoms with E-state index >= 15 is 0 Å². The number of rotatable bonds is 2. The minimum absolute atomic E-state index is 0.00964. The van der Waals surface area contributed by atoms with Crippen LogP contribution in [-0.2, 0) is 9.84 Å². The van der Waals surface area contributed by atoms with Crippen molar-refractivity contribution in [3.05, 3.63) is 23.8 Å². The molecule has 0 aromatic heterocycles. The van der Waals surface area contributed by atoms with Crippen molar-refractivity contribution in [2.75, 3.05) is 22.6 Å². The Morgan fingerprint density at radius 3 is 2.35 bits per heavy atom. The Morgan fingerprint density at radius 2 is 1.88 bits per heavy atom. The standard InChI is InChI=1S/C10H12F2N2O2S/c11-8-3-6(13)4-9(12)10(8)14-7-1-2-17(15,16)5-7/h3-4,7,14H,1-2,5,13H2. The van der Waals surface area contributed by atoms with E-state index < -0.39 is 27.5 Å². The van der Waals surface area contributed by atoms with Gasteiger partial charge in [0.1, 0.15) is 5.69 Å². The quantitative estimate of drug-likeness (QED) is 0.784. The molecule has 3 N–H and O–H groups in total. The van der Waals surface area contributed by atoms with Crippen molar-refractivity contribution in [3.63, 3.8) is 0 Å². The van der Waals surface area contributed by atoms with E-state index in [2.05, 4.69) is 5.32 Å². The summed E-state index contributed by atoms with van der Waals surface area (Å²) in [6, 6.07) is 1.54. The van der Waals surface area contributed by atoms with E-state index in [4.69, 9.17) is 5.73 Å². The molecule has 2 rings (SSSR count). The van der Waals surface area contributed by atoms with Gasteiger partial charge in [0.25, 0.3) is 0 Å². The van der Waals surface area contributed by atoms with E-state index in [-0.39, 0.29) is 22.9 Å². The lowest BCUT2D eigenvalue weighted by atomic mass is 10.2. The Labute approximate surface area is 97.7 Å². The second-order valence-electron chi connectivity index (χ2n) is 4.10. The van der Waals surface area contributed by atoms with Gasteiger partial charge in [0, 0.05) is 11.7 Å². The smallest absolute Gasteiger partial charge is 0.152 e. The van der Waals surface area contributed by atoms with Crippen molar-refractivity contribution in [1.82, 2.24) is 0 Å². The molecule has 1 saturated heterocycles. The summed E-state index contributed by atoms with van der Waals surface area (Å²) < 4.78 is 49.3. The molecule has 0 amide bonds. The molecule has 0 aliphatic carbocycles. The minimum atomic E-state index is -3.08. The van der Waals surface area contributed by atoms with E-state index in [1.165, 1.54) is 0 Å². The van der Waals surface area contributed by atoms with Crippen LogP contribution in [0.3, 0.4) is 0 Å². The first-order chi connectivity index (χ1) is 7.87. The maximum atomic E-state index is 13.4. The highest BCUT2D eigenvalue weighted by Gasteiger charge is 2.29. The Hall–Kier alpha value is -1.37. The van der Waals surface area contributed by atoms with E-state index in [1.807, 2.05) is 0 Å². The first kappa shape index (κ1) is 12.1. The Morgan fingerprint density at radius 1 is 1.29 bits per heavy atom. The Kier molecular flexibility index (Phi) is 2.94. The van der Waals surface area contributed by atoms with Crippen LogP contribution in [0, 0.1) is 11.6 Å². The third-order valence-electron chi connectivity index (χ3n) is 2.65. The molecular formula is C10H12F2N2O2S. The first-order valence-corrected chi connectivity index (χ1v) is 6.91. The van der Waals surface area contributed by atoms with Gasteiger partial charge < -0.3 is 11.1 Å². The number of sulfone groups is 1. The summed E-state index contributed by atoms with van der Waals surface area (Å²) in [5.74, 6) is -1.68. The molecule has 0 spiro atoms. The molecule has 1 aromatic carbocycles. The first-order valence-electron chi connectivity index (χ1n) is 5.09. The highest BCUT2D eigenvalue weighted by atomic mass is 32.2. The van der Waals surface area contributed by atoms with Crippen LogP contribution in [0.5, 0.6) is 0 Å². The Balaban J connectivity index is 2.20. The fourth-order valence-corrected chi connectivity index (χ4v) is 3.52. The van der Waals surface area contributed by atoms with Gasteiger partial charge in [-0.25, -0.2) is 17.2 Å². The predicted molar refractivity (Wildman–Crippen MR) is 61.5 cm³/mol. The lowest BCUT2D eigenvalue weighted by Crippen LogP contribution is -2.22. The summed E-state index contributed by atoms with van der Waals surface area (Å²) in [5.41, 5.74) is 4.95. The van der Waals surface area contributed by atoms with Crippen molar-refractivity contribution in [1.29, 1.82) is 0 Å². The van der Waals surface area contributed by atoms with Crippen molar-refractivity contribution >= 4 is 21.2 Å². The largest absolute Gasteiger partial charge is 0.399 e. The van der Waals surface area contributed by atoms with Crippen LogP contribution in [0.4, 0.5) is 20.2 Å². The summed E-state index contributed by atoms with van der Waals surface area (Å²) in [5, 5.41) is 2.58. The van der Waals surface area contributed by atoms with Crippen molar-refractivity contribution < 1.29 is 17.2 Å². The molecule has 17 heavy (non-hydrogen) atoms. The molecule has 1 aromatic rings. The SMILES string of the molecule is Nc1cc(F)c(NC2CCS(=O)(=O)C2)c(F)c1. The van der Waals surface area contributed by atoms with Gasteiger partial charge in [0.2, 0.25) is 0 Å². The number of anilines is 2. The van der Waals surface area contributed by atoms with Crippen LogP contribution < -0.4 is 11.1 Å². The summed E-state index contributed by atoms with van der Waals surface area (Å²) in [6.45, 7) is 0. The molecule has 1 unspecified atom stereocenters. The highest BCUT2D eigenvalue weighted by molar-refractivity contribution is 7.91. The molecular weight excluding hydrogens is 250 g/mol. The molecule has 0 bridgehead atoms. The minimum Gasteiger partial charge on any atom is -0.399 e. The normalized spacial score (nSPS) is 22.6. The second-order valence-corrected chi connectivity index (χ2v) is 6.33. The van der Waals surface area contributed by atoms with Crippen LogP contribution in [0.1, 0.15) is 6.42 Å². The maximum Gasteiger partial charge on any atom is 0.152 e. The highest BCUT2D eigenvalue weighted by Crippen LogP contribution is 2.25. The van der Waals surface area contributed by atoms with Gasteiger partial charge in [0.05, 0.1) is 11.5 Å². The van der Waals surface area contributed by atoms with Crippen LogP contribution in [0.15, 0.2) is 12.1 Å². The molecule has 0 radical (unpaired) electrons. The monoisotopic (exact) mass is 262 g/mol. The molecule has 1 atom stereocenters. The average molecular weight is 262 g/mol. The third kappa shape index (κ3) is 2.66. The topological polar surface area (TPSA) is 72.2 Å². The number of hydrogen-bond acceptors (Lipinski definition) is 4. The van der Waals surface area contributed by atoms with E-state index in [9.17, 15) is 17.2 Å². The predicted octanol–water partition coefficient (Wildman–Crippen LogP) is 1.15. The average Bonchev–Trinajstić information content (AvgIpc) is 2.52. The van der Waals surface area contributed by atoms with Crippen LogP contribution >= 0.6 is 0 Å². The van der Waals surface area contributed by atoms with Gasteiger partial charge in [-0.1, -0.05) is 0 Å². The van der Waals surface area contributed by atoms with Crippen molar-refractivity contribution in [2.24, 2.45) is 0 Å². The van der Waals surface area contributed by atoms with Gasteiger partial charge in [-0.3, -0.25) is 0 Å². The van der Waals surface area contributed by atoms with Crippen LogP contribution in [0.2, 0.25) is 0 Å². The van der Waals surface area contributed by atoms with Crippen LogP contribution in [0.25, 0.3) is 0 Å². The summed E-state index contributed by atoms with van der Waals surface area (Å²) >= 11 is 0. The molecule has 1 fully saturated rings. The number of hydrogen-bond donors (Lipinski definition) is 2. The summed E-state index contributed by atoms with van der Waals surface area (Å²) in [6.07, 6.45) is 0.353.